The number of para-hydroxylation sites is 2. The van der Waals surface area contributed by atoms with Crippen molar-refractivity contribution >= 4 is 28.7 Å². The second kappa shape index (κ2) is 8.53. The van der Waals surface area contributed by atoms with Gasteiger partial charge in [-0.2, -0.15) is 0 Å². The lowest BCUT2D eigenvalue weighted by Gasteiger charge is -2.29. The highest BCUT2D eigenvalue weighted by molar-refractivity contribution is 7.99. The van der Waals surface area contributed by atoms with E-state index >= 15 is 0 Å². The second-order valence-electron chi connectivity index (χ2n) is 6.96. The minimum Gasteiger partial charge on any atom is -0.334 e. The molecule has 0 unspecified atom stereocenters. The van der Waals surface area contributed by atoms with Crippen LogP contribution in [0.1, 0.15) is 17.2 Å². The third kappa shape index (κ3) is 4.05. The molecule has 146 valence electrons. The highest BCUT2D eigenvalue weighted by Crippen LogP contribution is 2.29. The van der Waals surface area contributed by atoms with Crippen molar-refractivity contribution in [3.8, 4) is 0 Å². The highest BCUT2D eigenvalue weighted by Gasteiger charge is 2.23. The molecule has 0 aliphatic carbocycles. The first-order chi connectivity index (χ1) is 14.1. The summed E-state index contributed by atoms with van der Waals surface area (Å²) >= 11 is 1.48. The van der Waals surface area contributed by atoms with Crippen LogP contribution < -0.4 is 0 Å². The van der Waals surface area contributed by atoms with Crippen LogP contribution in [0.15, 0.2) is 90.1 Å². The van der Waals surface area contributed by atoms with Crippen LogP contribution in [-0.2, 0) is 11.8 Å². The molecular formula is C24H23N3OS. The molecule has 5 heteroatoms. The van der Waals surface area contributed by atoms with Crippen molar-refractivity contribution in [2.75, 3.05) is 12.8 Å². The Labute approximate surface area is 175 Å². The Bertz CT molecular complexity index is 1070. The predicted octanol–water partition coefficient (Wildman–Crippen LogP) is 4.91. The number of hydrogen-bond donors (Lipinski definition) is 0. The lowest BCUT2D eigenvalue weighted by molar-refractivity contribution is -0.128. The van der Waals surface area contributed by atoms with Crippen LogP contribution in [0.25, 0.3) is 11.0 Å². The maximum Gasteiger partial charge on any atom is 0.233 e. The zero-order valence-corrected chi connectivity index (χ0v) is 17.3. The third-order valence-corrected chi connectivity index (χ3v) is 6.10. The number of carbonyl (C=O) groups excluding carboxylic acids is 1. The standard InChI is InChI=1S/C24H23N3OS/c1-26-21-16-10-9-15-20(21)25-24(26)29-17-22(28)27(2)23(18-11-5-3-6-12-18)19-13-7-4-8-14-19/h3-16,23H,17H2,1-2H3. The molecule has 4 aromatic rings. The largest absolute Gasteiger partial charge is 0.334 e. The maximum atomic E-state index is 13.1. The second-order valence-corrected chi connectivity index (χ2v) is 7.90. The first kappa shape index (κ1) is 19.3. The molecule has 0 radical (unpaired) electrons. The average Bonchev–Trinajstić information content (AvgIpc) is 3.09. The topological polar surface area (TPSA) is 38.1 Å². The molecule has 4 nitrogen and oxygen atoms in total. The highest BCUT2D eigenvalue weighted by atomic mass is 32.2. The summed E-state index contributed by atoms with van der Waals surface area (Å²) in [5.74, 6) is 0.406. The molecule has 4 rings (SSSR count). The SMILES string of the molecule is CN(C(=O)CSc1nc2ccccc2n1C)C(c1ccccc1)c1ccccc1. The van der Waals surface area contributed by atoms with Gasteiger partial charge in [-0.05, 0) is 23.3 Å². The van der Waals surface area contributed by atoms with E-state index in [2.05, 4.69) is 29.2 Å². The van der Waals surface area contributed by atoms with Crippen LogP contribution in [0.2, 0.25) is 0 Å². The van der Waals surface area contributed by atoms with Crippen LogP contribution >= 0.6 is 11.8 Å². The molecule has 1 heterocycles. The van der Waals surface area contributed by atoms with Gasteiger partial charge in [0.15, 0.2) is 5.16 Å². The fourth-order valence-electron chi connectivity index (χ4n) is 3.53. The van der Waals surface area contributed by atoms with E-state index in [-0.39, 0.29) is 11.9 Å². The van der Waals surface area contributed by atoms with Crippen LogP contribution in [-0.4, -0.2) is 33.2 Å². The fourth-order valence-corrected chi connectivity index (χ4v) is 4.45. The number of amides is 1. The maximum absolute atomic E-state index is 13.1. The zero-order chi connectivity index (χ0) is 20.2. The average molecular weight is 402 g/mol. The minimum atomic E-state index is -0.119. The van der Waals surface area contributed by atoms with Gasteiger partial charge in [0, 0.05) is 14.1 Å². The Morgan fingerprint density at radius 1 is 0.931 bits per heavy atom. The quantitative estimate of drug-likeness (QED) is 0.431. The Morgan fingerprint density at radius 3 is 2.07 bits per heavy atom. The summed E-state index contributed by atoms with van der Waals surface area (Å²) in [4.78, 5) is 19.6. The number of rotatable bonds is 6. The van der Waals surface area contributed by atoms with Crippen LogP contribution in [0.5, 0.6) is 0 Å². The van der Waals surface area contributed by atoms with Crippen LogP contribution in [0.4, 0.5) is 0 Å². The Morgan fingerprint density at radius 2 is 1.48 bits per heavy atom. The molecule has 0 saturated carbocycles. The van der Waals surface area contributed by atoms with E-state index in [1.165, 1.54) is 11.8 Å². The van der Waals surface area contributed by atoms with E-state index < -0.39 is 0 Å². The molecule has 1 aromatic heterocycles. The van der Waals surface area contributed by atoms with Gasteiger partial charge in [-0.1, -0.05) is 84.6 Å². The van der Waals surface area contributed by atoms with Gasteiger partial charge < -0.3 is 9.47 Å². The number of aryl methyl sites for hydroxylation is 1. The number of aromatic nitrogens is 2. The molecule has 3 aromatic carbocycles. The van der Waals surface area contributed by atoms with Crippen molar-refractivity contribution in [2.45, 2.75) is 11.2 Å². The summed E-state index contributed by atoms with van der Waals surface area (Å²) in [5.41, 5.74) is 4.22. The van der Waals surface area contributed by atoms with Gasteiger partial charge in [0.2, 0.25) is 5.91 Å². The molecule has 0 atom stereocenters. The summed E-state index contributed by atoms with van der Waals surface area (Å²) in [6.07, 6.45) is 0. The van der Waals surface area contributed by atoms with Gasteiger partial charge >= 0.3 is 0 Å². The summed E-state index contributed by atoms with van der Waals surface area (Å²) in [7, 11) is 3.87. The number of imidazole rings is 1. The number of benzene rings is 3. The zero-order valence-electron chi connectivity index (χ0n) is 16.5. The molecule has 0 N–H and O–H groups in total. The Balaban J connectivity index is 1.55. The molecule has 29 heavy (non-hydrogen) atoms. The molecular weight excluding hydrogens is 378 g/mol. The first-order valence-corrected chi connectivity index (χ1v) is 10.5. The number of hydrogen-bond acceptors (Lipinski definition) is 3. The molecule has 0 saturated heterocycles. The van der Waals surface area contributed by atoms with E-state index in [1.807, 2.05) is 84.2 Å². The van der Waals surface area contributed by atoms with Gasteiger partial charge in [0.05, 0.1) is 22.8 Å². The molecule has 0 bridgehead atoms. The lowest BCUT2D eigenvalue weighted by Crippen LogP contribution is -2.33. The van der Waals surface area contributed by atoms with Crippen molar-refractivity contribution in [1.29, 1.82) is 0 Å². The summed E-state index contributed by atoms with van der Waals surface area (Å²) in [5, 5.41) is 0.851. The summed E-state index contributed by atoms with van der Waals surface area (Å²) in [6.45, 7) is 0. The fraction of sp³-hybridized carbons (Fsp3) is 0.167. The predicted molar refractivity (Wildman–Crippen MR) is 119 cm³/mol. The summed E-state index contributed by atoms with van der Waals surface area (Å²) in [6, 6.07) is 28.2. The van der Waals surface area contributed by atoms with E-state index in [1.54, 1.807) is 0 Å². The van der Waals surface area contributed by atoms with Crippen LogP contribution in [0.3, 0.4) is 0 Å². The van der Waals surface area contributed by atoms with Crippen molar-refractivity contribution in [2.24, 2.45) is 7.05 Å². The van der Waals surface area contributed by atoms with Crippen molar-refractivity contribution in [3.63, 3.8) is 0 Å². The monoisotopic (exact) mass is 401 g/mol. The van der Waals surface area contributed by atoms with Gasteiger partial charge in [-0.3, -0.25) is 4.79 Å². The normalized spacial score (nSPS) is 11.1. The molecule has 0 aliphatic heterocycles. The van der Waals surface area contributed by atoms with E-state index in [0.717, 1.165) is 27.3 Å². The number of fused-ring (bicyclic) bond motifs is 1. The van der Waals surface area contributed by atoms with Gasteiger partial charge in [-0.25, -0.2) is 4.98 Å². The number of carbonyl (C=O) groups is 1. The number of nitrogens with zero attached hydrogens (tertiary/aromatic N) is 3. The van der Waals surface area contributed by atoms with E-state index in [4.69, 9.17) is 0 Å². The molecule has 0 aliphatic rings. The lowest BCUT2D eigenvalue weighted by atomic mass is 9.97. The minimum absolute atomic E-state index is 0.0692. The Kier molecular flexibility index (Phi) is 5.67. The van der Waals surface area contributed by atoms with Crippen molar-refractivity contribution in [1.82, 2.24) is 14.5 Å². The smallest absolute Gasteiger partial charge is 0.233 e. The van der Waals surface area contributed by atoms with Gasteiger partial charge in [0.1, 0.15) is 0 Å². The van der Waals surface area contributed by atoms with Crippen molar-refractivity contribution in [3.05, 3.63) is 96.1 Å². The third-order valence-electron chi connectivity index (χ3n) is 5.08. The first-order valence-electron chi connectivity index (χ1n) is 9.55. The van der Waals surface area contributed by atoms with E-state index in [9.17, 15) is 4.79 Å². The van der Waals surface area contributed by atoms with Crippen LogP contribution in [0, 0.1) is 0 Å². The molecule has 0 spiro atoms. The van der Waals surface area contributed by atoms with Gasteiger partial charge in [-0.15, -0.1) is 0 Å². The van der Waals surface area contributed by atoms with Gasteiger partial charge in [0.25, 0.3) is 0 Å². The summed E-state index contributed by atoms with van der Waals surface area (Å²) < 4.78 is 2.04. The molecule has 1 amide bonds. The Hall–Kier alpha value is -3.05. The molecule has 0 fully saturated rings. The number of thioether (sulfide) groups is 1. The van der Waals surface area contributed by atoms with Crippen molar-refractivity contribution < 1.29 is 4.79 Å². The van der Waals surface area contributed by atoms with E-state index in [0.29, 0.717) is 5.75 Å².